The van der Waals surface area contributed by atoms with Gasteiger partial charge in [0, 0.05) is 18.2 Å². The molecule has 2 rings (SSSR count). The molecule has 1 aliphatic carbocycles. The predicted octanol–water partition coefficient (Wildman–Crippen LogP) is 1.07. The zero-order chi connectivity index (χ0) is 17.0. The molecule has 0 aliphatic heterocycles. The summed E-state index contributed by atoms with van der Waals surface area (Å²) in [6, 6.07) is 4.69. The summed E-state index contributed by atoms with van der Waals surface area (Å²) in [7, 11) is 1.49. The number of rotatable bonds is 7. The van der Waals surface area contributed by atoms with E-state index in [1.807, 2.05) is 11.8 Å². The highest BCUT2D eigenvalue weighted by Gasteiger charge is 2.35. The van der Waals surface area contributed by atoms with E-state index in [4.69, 9.17) is 9.84 Å². The van der Waals surface area contributed by atoms with Crippen LogP contribution in [0.1, 0.15) is 30.1 Å². The lowest BCUT2D eigenvalue weighted by molar-refractivity contribution is -0.139. The van der Waals surface area contributed by atoms with Crippen LogP contribution < -0.4 is 10.1 Å². The maximum Gasteiger partial charge on any atom is 0.317 e. The number of phenols is 1. The van der Waals surface area contributed by atoms with Crippen molar-refractivity contribution >= 4 is 11.9 Å². The molecular formula is C16H22N2O5. The standard InChI is InChI=1S/C16H22N2O5/c1-3-18(9-15(20)21)11-6-10(7-11)17-16(22)13-5-4-12(23-2)8-14(13)19/h4-5,8,10-11,19H,3,6-7,9H2,1-2H3,(H,17,22)(H,20,21). The molecule has 0 aromatic heterocycles. The minimum Gasteiger partial charge on any atom is -0.507 e. The van der Waals surface area contributed by atoms with Crippen LogP contribution in [0.15, 0.2) is 18.2 Å². The lowest BCUT2D eigenvalue weighted by Gasteiger charge is -2.42. The van der Waals surface area contributed by atoms with Crippen LogP contribution in [0.4, 0.5) is 0 Å². The molecule has 1 amide bonds. The van der Waals surface area contributed by atoms with E-state index in [0.717, 1.165) is 0 Å². The molecule has 7 nitrogen and oxygen atoms in total. The molecule has 1 aromatic carbocycles. The average molecular weight is 322 g/mol. The predicted molar refractivity (Wildman–Crippen MR) is 83.8 cm³/mol. The Morgan fingerprint density at radius 2 is 2.09 bits per heavy atom. The smallest absolute Gasteiger partial charge is 0.317 e. The van der Waals surface area contributed by atoms with Gasteiger partial charge in [-0.25, -0.2) is 0 Å². The zero-order valence-corrected chi connectivity index (χ0v) is 13.3. The van der Waals surface area contributed by atoms with Crippen molar-refractivity contribution in [1.29, 1.82) is 0 Å². The van der Waals surface area contributed by atoms with Crippen LogP contribution in [0.2, 0.25) is 0 Å². The molecule has 1 aliphatic rings. The maximum atomic E-state index is 12.2. The summed E-state index contributed by atoms with van der Waals surface area (Å²) in [6.45, 7) is 2.60. The van der Waals surface area contributed by atoms with Gasteiger partial charge in [0.05, 0.1) is 19.2 Å². The summed E-state index contributed by atoms with van der Waals surface area (Å²) in [5.74, 6) is -0.828. The summed E-state index contributed by atoms with van der Waals surface area (Å²) >= 11 is 0. The molecule has 3 N–H and O–H groups in total. The second-order valence-corrected chi connectivity index (χ2v) is 5.64. The normalized spacial score (nSPS) is 20.0. The minimum atomic E-state index is -0.845. The van der Waals surface area contributed by atoms with E-state index < -0.39 is 5.97 Å². The summed E-state index contributed by atoms with van der Waals surface area (Å²) in [5.41, 5.74) is 0.201. The lowest BCUT2D eigenvalue weighted by atomic mass is 9.85. The lowest BCUT2D eigenvalue weighted by Crippen LogP contribution is -2.54. The van der Waals surface area contributed by atoms with E-state index in [2.05, 4.69) is 5.32 Å². The van der Waals surface area contributed by atoms with Crippen LogP contribution in [0.3, 0.4) is 0 Å². The van der Waals surface area contributed by atoms with Gasteiger partial charge in [-0.1, -0.05) is 6.92 Å². The SMILES string of the molecule is CCN(CC(=O)O)C1CC(NC(=O)c2ccc(OC)cc2O)C1. The fourth-order valence-electron chi connectivity index (χ4n) is 2.77. The number of carbonyl (C=O) groups excluding carboxylic acids is 1. The van der Waals surface area contributed by atoms with Crippen molar-refractivity contribution in [3.05, 3.63) is 23.8 Å². The number of hydrogen-bond donors (Lipinski definition) is 3. The van der Waals surface area contributed by atoms with Gasteiger partial charge in [0.25, 0.3) is 5.91 Å². The van der Waals surface area contributed by atoms with Crippen molar-refractivity contribution in [2.24, 2.45) is 0 Å². The molecule has 1 fully saturated rings. The Kier molecular flexibility index (Phi) is 5.44. The molecule has 0 unspecified atom stereocenters. The Labute approximate surface area is 134 Å². The van der Waals surface area contributed by atoms with E-state index in [0.29, 0.717) is 25.1 Å². The number of benzene rings is 1. The molecule has 1 saturated carbocycles. The van der Waals surface area contributed by atoms with Crippen molar-refractivity contribution in [3.63, 3.8) is 0 Å². The second-order valence-electron chi connectivity index (χ2n) is 5.64. The van der Waals surface area contributed by atoms with Crippen LogP contribution in [0.25, 0.3) is 0 Å². The van der Waals surface area contributed by atoms with Gasteiger partial charge in [-0.05, 0) is 31.5 Å². The fraction of sp³-hybridized carbons (Fsp3) is 0.500. The van der Waals surface area contributed by atoms with Crippen molar-refractivity contribution in [2.75, 3.05) is 20.2 Å². The second kappa shape index (κ2) is 7.32. The van der Waals surface area contributed by atoms with Gasteiger partial charge in [0.2, 0.25) is 0 Å². The summed E-state index contributed by atoms with van der Waals surface area (Å²) in [6.07, 6.45) is 1.42. The third-order valence-electron chi connectivity index (χ3n) is 4.16. The number of methoxy groups -OCH3 is 1. The first-order valence-corrected chi connectivity index (χ1v) is 7.58. The average Bonchev–Trinajstić information content (AvgIpc) is 2.47. The zero-order valence-electron chi connectivity index (χ0n) is 13.3. The van der Waals surface area contributed by atoms with Gasteiger partial charge in [0.15, 0.2) is 0 Å². The molecule has 7 heteroatoms. The Hall–Kier alpha value is -2.28. The van der Waals surface area contributed by atoms with E-state index in [1.54, 1.807) is 6.07 Å². The van der Waals surface area contributed by atoms with Gasteiger partial charge < -0.3 is 20.3 Å². The first-order chi connectivity index (χ1) is 10.9. The number of nitrogens with zero attached hydrogens (tertiary/aromatic N) is 1. The number of amides is 1. The van der Waals surface area contributed by atoms with E-state index in [1.165, 1.54) is 19.2 Å². The van der Waals surface area contributed by atoms with Gasteiger partial charge in [0.1, 0.15) is 11.5 Å². The fourth-order valence-corrected chi connectivity index (χ4v) is 2.77. The van der Waals surface area contributed by atoms with E-state index >= 15 is 0 Å². The topological polar surface area (TPSA) is 99.1 Å². The Morgan fingerprint density at radius 1 is 1.39 bits per heavy atom. The maximum absolute atomic E-state index is 12.2. The van der Waals surface area contributed by atoms with Crippen LogP contribution in [0.5, 0.6) is 11.5 Å². The molecule has 0 saturated heterocycles. The Morgan fingerprint density at radius 3 is 2.61 bits per heavy atom. The van der Waals surface area contributed by atoms with Gasteiger partial charge in [-0.2, -0.15) is 0 Å². The van der Waals surface area contributed by atoms with Crippen LogP contribution in [0, 0.1) is 0 Å². The van der Waals surface area contributed by atoms with Crippen LogP contribution in [-0.4, -0.2) is 59.3 Å². The third-order valence-corrected chi connectivity index (χ3v) is 4.16. The van der Waals surface area contributed by atoms with Crippen molar-refractivity contribution < 1.29 is 24.5 Å². The first-order valence-electron chi connectivity index (χ1n) is 7.58. The quantitative estimate of drug-likeness (QED) is 0.694. The number of nitrogens with one attached hydrogen (secondary N) is 1. The molecule has 126 valence electrons. The molecular weight excluding hydrogens is 300 g/mol. The highest BCUT2D eigenvalue weighted by atomic mass is 16.5. The van der Waals surface area contributed by atoms with Crippen LogP contribution in [-0.2, 0) is 4.79 Å². The summed E-state index contributed by atoms with van der Waals surface area (Å²) in [5, 5.41) is 21.6. The van der Waals surface area contributed by atoms with Crippen molar-refractivity contribution in [1.82, 2.24) is 10.2 Å². The van der Waals surface area contributed by atoms with Crippen molar-refractivity contribution in [3.8, 4) is 11.5 Å². The molecule has 0 bridgehead atoms. The van der Waals surface area contributed by atoms with Crippen molar-refractivity contribution in [2.45, 2.75) is 31.8 Å². The number of aliphatic carboxylic acids is 1. The molecule has 23 heavy (non-hydrogen) atoms. The van der Waals surface area contributed by atoms with E-state index in [-0.39, 0.29) is 35.8 Å². The highest BCUT2D eigenvalue weighted by molar-refractivity contribution is 5.97. The molecule has 1 aromatic rings. The minimum absolute atomic E-state index is 0.00292. The largest absolute Gasteiger partial charge is 0.507 e. The number of aromatic hydroxyl groups is 1. The molecule has 0 atom stereocenters. The summed E-state index contributed by atoms with van der Waals surface area (Å²) < 4.78 is 4.98. The number of ether oxygens (including phenoxy) is 1. The van der Waals surface area contributed by atoms with Gasteiger partial charge >= 0.3 is 5.97 Å². The summed E-state index contributed by atoms with van der Waals surface area (Å²) in [4.78, 5) is 24.9. The number of hydrogen-bond acceptors (Lipinski definition) is 5. The number of carboxylic acid groups (broad SMARTS) is 1. The van der Waals surface area contributed by atoms with Crippen LogP contribution >= 0.6 is 0 Å². The number of carbonyl (C=O) groups is 2. The monoisotopic (exact) mass is 322 g/mol. The van der Waals surface area contributed by atoms with E-state index in [9.17, 15) is 14.7 Å². The number of phenolic OH excluding ortho intramolecular Hbond substituents is 1. The Bertz CT molecular complexity index is 584. The Balaban J connectivity index is 1.87. The first kappa shape index (κ1) is 17.1. The molecule has 0 radical (unpaired) electrons. The van der Waals surface area contributed by atoms with Gasteiger partial charge in [-0.15, -0.1) is 0 Å². The molecule has 0 heterocycles. The molecule has 0 spiro atoms. The number of carboxylic acids is 1. The van der Waals surface area contributed by atoms with Gasteiger partial charge in [-0.3, -0.25) is 14.5 Å². The number of likely N-dealkylation sites (N-methyl/N-ethyl adjacent to an activating group) is 1. The third kappa shape index (κ3) is 4.13. The highest BCUT2D eigenvalue weighted by Crippen LogP contribution is 2.27.